The number of H-pyrrole nitrogens is 1. The van der Waals surface area contributed by atoms with Crippen LogP contribution in [0.2, 0.25) is 0 Å². The van der Waals surface area contributed by atoms with Gasteiger partial charge in [0.1, 0.15) is 0 Å². The third-order valence-electron chi connectivity index (χ3n) is 2.52. The number of rotatable bonds is 5. The fourth-order valence-electron chi connectivity index (χ4n) is 1.56. The molecule has 0 saturated heterocycles. The van der Waals surface area contributed by atoms with E-state index in [1.165, 1.54) is 0 Å². The Bertz CT molecular complexity index is 555. The van der Waals surface area contributed by atoms with E-state index in [9.17, 15) is 9.59 Å². The van der Waals surface area contributed by atoms with Crippen LogP contribution in [0.3, 0.4) is 0 Å². The van der Waals surface area contributed by atoms with Crippen molar-refractivity contribution < 1.29 is 14.7 Å². The standard InChI is InChI=1S/C11H11N5O3/c17-10(9-13-15-16-14-9)12-6-8(11(18)19)7-4-2-1-3-5-7/h1-5,8H,6H2,(H,12,17)(H,18,19)(H,13,14,15,16). The zero-order chi connectivity index (χ0) is 13.7. The number of carbonyl (C=O) groups excluding carboxylic acids is 1. The smallest absolute Gasteiger partial charge is 0.312 e. The predicted molar refractivity (Wildman–Crippen MR) is 63.3 cm³/mol. The SMILES string of the molecule is O=C(NCC(C(=O)O)c1ccccc1)c1nn[nH]n1. The molecule has 1 amide bonds. The van der Waals surface area contributed by atoms with Crippen LogP contribution in [0.15, 0.2) is 30.3 Å². The number of hydrogen-bond donors (Lipinski definition) is 3. The van der Waals surface area contributed by atoms with Gasteiger partial charge in [0.15, 0.2) is 0 Å². The third kappa shape index (κ3) is 3.12. The molecule has 0 spiro atoms. The van der Waals surface area contributed by atoms with E-state index in [0.29, 0.717) is 5.56 Å². The van der Waals surface area contributed by atoms with E-state index >= 15 is 0 Å². The molecule has 1 aromatic carbocycles. The Morgan fingerprint density at radius 3 is 2.63 bits per heavy atom. The van der Waals surface area contributed by atoms with Crippen molar-refractivity contribution in [3.63, 3.8) is 0 Å². The van der Waals surface area contributed by atoms with E-state index in [0.717, 1.165) is 0 Å². The summed E-state index contributed by atoms with van der Waals surface area (Å²) in [6.07, 6.45) is 0. The highest BCUT2D eigenvalue weighted by molar-refractivity contribution is 5.90. The van der Waals surface area contributed by atoms with Crippen molar-refractivity contribution in [2.75, 3.05) is 6.54 Å². The highest BCUT2D eigenvalue weighted by Gasteiger charge is 2.21. The van der Waals surface area contributed by atoms with Crippen LogP contribution >= 0.6 is 0 Å². The number of aliphatic carboxylic acids is 1. The van der Waals surface area contributed by atoms with Gasteiger partial charge in [-0.1, -0.05) is 30.3 Å². The Kier molecular flexibility index (Phi) is 3.81. The molecule has 0 aliphatic heterocycles. The maximum absolute atomic E-state index is 11.6. The summed E-state index contributed by atoms with van der Waals surface area (Å²) in [7, 11) is 0. The molecule has 1 heterocycles. The van der Waals surface area contributed by atoms with Gasteiger partial charge in [-0.2, -0.15) is 5.21 Å². The van der Waals surface area contributed by atoms with Gasteiger partial charge in [-0.3, -0.25) is 9.59 Å². The summed E-state index contributed by atoms with van der Waals surface area (Å²) in [5.74, 6) is -2.54. The molecule has 8 heteroatoms. The first-order chi connectivity index (χ1) is 9.18. The molecule has 0 aliphatic rings. The van der Waals surface area contributed by atoms with Crippen molar-refractivity contribution in [1.82, 2.24) is 25.9 Å². The largest absolute Gasteiger partial charge is 0.481 e. The molecule has 0 bridgehead atoms. The van der Waals surface area contributed by atoms with E-state index in [2.05, 4.69) is 25.9 Å². The van der Waals surface area contributed by atoms with Crippen LogP contribution < -0.4 is 5.32 Å². The van der Waals surface area contributed by atoms with Gasteiger partial charge >= 0.3 is 5.97 Å². The second-order valence-corrected chi connectivity index (χ2v) is 3.75. The molecule has 0 saturated carbocycles. The number of hydrogen-bond acceptors (Lipinski definition) is 5. The number of carboxylic acids is 1. The summed E-state index contributed by atoms with van der Waals surface area (Å²) < 4.78 is 0. The van der Waals surface area contributed by atoms with Gasteiger partial charge in [0.25, 0.3) is 11.7 Å². The average Bonchev–Trinajstić information content (AvgIpc) is 2.93. The van der Waals surface area contributed by atoms with Gasteiger partial charge in [0.2, 0.25) is 0 Å². The number of nitrogens with one attached hydrogen (secondary N) is 2. The number of carboxylic acid groups (broad SMARTS) is 1. The summed E-state index contributed by atoms with van der Waals surface area (Å²) in [4.78, 5) is 22.8. The number of nitrogens with zero attached hydrogens (tertiary/aromatic N) is 3. The van der Waals surface area contributed by atoms with E-state index in [-0.39, 0.29) is 12.4 Å². The summed E-state index contributed by atoms with van der Waals surface area (Å²) in [5, 5.41) is 24.0. The number of tetrazole rings is 1. The molecule has 2 aromatic rings. The number of aromatic amines is 1. The number of benzene rings is 1. The lowest BCUT2D eigenvalue weighted by Crippen LogP contribution is -2.32. The van der Waals surface area contributed by atoms with Crippen LogP contribution in [-0.2, 0) is 4.79 Å². The zero-order valence-corrected chi connectivity index (χ0v) is 9.78. The van der Waals surface area contributed by atoms with Gasteiger partial charge in [-0.05, 0) is 10.8 Å². The summed E-state index contributed by atoms with van der Waals surface area (Å²) in [6.45, 7) is -0.0489. The van der Waals surface area contributed by atoms with Crippen molar-refractivity contribution in [3.05, 3.63) is 41.7 Å². The minimum absolute atomic E-state index is 0.0489. The fraction of sp³-hybridized carbons (Fsp3) is 0.182. The number of amides is 1. The van der Waals surface area contributed by atoms with Crippen LogP contribution in [0.25, 0.3) is 0 Å². The first kappa shape index (κ1) is 12.7. The Morgan fingerprint density at radius 1 is 1.32 bits per heavy atom. The van der Waals surface area contributed by atoms with Gasteiger partial charge in [0.05, 0.1) is 5.92 Å². The topological polar surface area (TPSA) is 121 Å². The Morgan fingerprint density at radius 2 is 2.05 bits per heavy atom. The second-order valence-electron chi connectivity index (χ2n) is 3.75. The maximum Gasteiger partial charge on any atom is 0.312 e. The normalized spacial score (nSPS) is 11.8. The lowest BCUT2D eigenvalue weighted by molar-refractivity contribution is -0.138. The zero-order valence-electron chi connectivity index (χ0n) is 9.78. The van der Waals surface area contributed by atoms with Crippen molar-refractivity contribution in [2.45, 2.75) is 5.92 Å². The molecule has 0 fully saturated rings. The quantitative estimate of drug-likeness (QED) is 0.685. The third-order valence-corrected chi connectivity index (χ3v) is 2.52. The minimum Gasteiger partial charge on any atom is -0.481 e. The molecule has 8 nitrogen and oxygen atoms in total. The summed E-state index contributed by atoms with van der Waals surface area (Å²) in [6, 6.07) is 8.66. The van der Waals surface area contributed by atoms with Crippen molar-refractivity contribution in [2.24, 2.45) is 0 Å². The van der Waals surface area contributed by atoms with Crippen molar-refractivity contribution in [1.29, 1.82) is 0 Å². The van der Waals surface area contributed by atoms with E-state index < -0.39 is 17.8 Å². The Hall–Kier alpha value is -2.77. The van der Waals surface area contributed by atoms with Gasteiger partial charge < -0.3 is 10.4 Å². The van der Waals surface area contributed by atoms with Crippen molar-refractivity contribution in [3.8, 4) is 0 Å². The van der Waals surface area contributed by atoms with Crippen molar-refractivity contribution >= 4 is 11.9 Å². The predicted octanol–water partition coefficient (Wildman–Crippen LogP) is -0.202. The maximum atomic E-state index is 11.6. The van der Waals surface area contributed by atoms with E-state index in [1.807, 2.05) is 0 Å². The van der Waals surface area contributed by atoms with Crippen LogP contribution in [0.4, 0.5) is 0 Å². The fourth-order valence-corrected chi connectivity index (χ4v) is 1.56. The molecular weight excluding hydrogens is 250 g/mol. The van der Waals surface area contributed by atoms with Crippen LogP contribution in [0, 0.1) is 0 Å². The number of carbonyl (C=O) groups is 2. The molecule has 0 aliphatic carbocycles. The van der Waals surface area contributed by atoms with Crippen LogP contribution in [0.1, 0.15) is 22.1 Å². The molecule has 1 aromatic heterocycles. The highest BCUT2D eigenvalue weighted by Crippen LogP contribution is 2.14. The van der Waals surface area contributed by atoms with Crippen LogP contribution in [-0.4, -0.2) is 44.2 Å². The Labute approximate surface area is 107 Å². The molecule has 98 valence electrons. The highest BCUT2D eigenvalue weighted by atomic mass is 16.4. The lowest BCUT2D eigenvalue weighted by Gasteiger charge is -2.12. The molecule has 1 unspecified atom stereocenters. The molecular formula is C11H11N5O3. The van der Waals surface area contributed by atoms with Gasteiger partial charge in [-0.25, -0.2) is 0 Å². The second kappa shape index (κ2) is 5.71. The summed E-state index contributed by atoms with van der Waals surface area (Å²) >= 11 is 0. The number of aromatic nitrogens is 4. The molecule has 2 rings (SSSR count). The molecule has 3 N–H and O–H groups in total. The Balaban J connectivity index is 2.03. The first-order valence-electron chi connectivity index (χ1n) is 5.48. The lowest BCUT2D eigenvalue weighted by atomic mass is 9.99. The molecule has 19 heavy (non-hydrogen) atoms. The molecule has 0 radical (unpaired) electrons. The average molecular weight is 261 g/mol. The van der Waals surface area contributed by atoms with Crippen LogP contribution in [0.5, 0.6) is 0 Å². The minimum atomic E-state index is -1.01. The van der Waals surface area contributed by atoms with E-state index in [1.54, 1.807) is 30.3 Å². The molecule has 1 atom stereocenters. The van der Waals surface area contributed by atoms with E-state index in [4.69, 9.17) is 5.11 Å². The first-order valence-corrected chi connectivity index (χ1v) is 5.48. The van der Waals surface area contributed by atoms with Gasteiger partial charge in [-0.15, -0.1) is 10.2 Å². The van der Waals surface area contributed by atoms with Gasteiger partial charge in [0, 0.05) is 6.54 Å². The summed E-state index contributed by atoms with van der Waals surface area (Å²) in [5.41, 5.74) is 0.614. The monoisotopic (exact) mass is 261 g/mol.